The van der Waals surface area contributed by atoms with Gasteiger partial charge in [0.05, 0.1) is 6.54 Å². The van der Waals surface area contributed by atoms with E-state index in [4.69, 9.17) is 0 Å². The van der Waals surface area contributed by atoms with E-state index in [0.29, 0.717) is 5.56 Å². The monoisotopic (exact) mass is 211 g/mol. The summed E-state index contributed by atoms with van der Waals surface area (Å²) in [5.41, 5.74) is -0.614. The highest BCUT2D eigenvalue weighted by Gasteiger charge is 2.22. The molecule has 1 atom stereocenters. The van der Waals surface area contributed by atoms with Crippen LogP contribution in [0.15, 0.2) is 24.3 Å². The molecule has 0 saturated heterocycles. The van der Waals surface area contributed by atoms with Crippen molar-refractivity contribution in [2.75, 3.05) is 6.54 Å². The maximum absolute atomic E-state index is 12.6. The minimum atomic E-state index is -1.18. The van der Waals surface area contributed by atoms with Crippen molar-refractivity contribution in [3.8, 4) is 0 Å². The summed E-state index contributed by atoms with van der Waals surface area (Å²) in [6, 6.07) is 5.55. The molecule has 15 heavy (non-hydrogen) atoms. The molecule has 1 aromatic rings. The first-order valence-electron chi connectivity index (χ1n) is 4.65. The molecule has 1 amide bonds. The van der Waals surface area contributed by atoms with E-state index in [1.54, 1.807) is 6.92 Å². The Hall–Kier alpha value is -1.42. The zero-order chi connectivity index (χ0) is 11.5. The van der Waals surface area contributed by atoms with Gasteiger partial charge in [-0.25, -0.2) is 4.39 Å². The highest BCUT2D eigenvalue weighted by molar-refractivity contribution is 5.72. The first-order valence-corrected chi connectivity index (χ1v) is 4.65. The van der Waals surface area contributed by atoms with Crippen molar-refractivity contribution in [2.45, 2.75) is 19.4 Å². The third-order valence-corrected chi connectivity index (χ3v) is 2.15. The Morgan fingerprint density at radius 2 is 2.00 bits per heavy atom. The van der Waals surface area contributed by atoms with Crippen molar-refractivity contribution in [3.63, 3.8) is 0 Å². The number of amides is 1. The molecular formula is C11H14FNO2. The van der Waals surface area contributed by atoms with Crippen LogP contribution in [0.3, 0.4) is 0 Å². The molecule has 0 aliphatic rings. The van der Waals surface area contributed by atoms with Gasteiger partial charge in [-0.15, -0.1) is 0 Å². The van der Waals surface area contributed by atoms with Crippen molar-refractivity contribution in [2.24, 2.45) is 0 Å². The molecule has 3 nitrogen and oxygen atoms in total. The Kier molecular flexibility index (Phi) is 3.42. The van der Waals surface area contributed by atoms with Crippen LogP contribution in [-0.2, 0) is 10.4 Å². The second kappa shape index (κ2) is 4.40. The summed E-state index contributed by atoms with van der Waals surface area (Å²) in [7, 11) is 0. The lowest BCUT2D eigenvalue weighted by molar-refractivity contribution is -0.120. The molecule has 1 unspecified atom stereocenters. The molecule has 0 bridgehead atoms. The summed E-state index contributed by atoms with van der Waals surface area (Å²) in [5.74, 6) is -0.563. The Morgan fingerprint density at radius 3 is 2.47 bits per heavy atom. The molecule has 1 aromatic carbocycles. The molecular weight excluding hydrogens is 197 g/mol. The van der Waals surface area contributed by atoms with Crippen molar-refractivity contribution < 1.29 is 14.3 Å². The molecule has 0 fully saturated rings. The maximum Gasteiger partial charge on any atom is 0.216 e. The molecule has 0 saturated carbocycles. The SMILES string of the molecule is CC(=O)NCC(C)(O)c1ccc(F)cc1. The first kappa shape index (κ1) is 11.7. The normalized spacial score (nSPS) is 14.4. The second-order valence-corrected chi connectivity index (χ2v) is 3.69. The number of hydrogen-bond donors (Lipinski definition) is 2. The van der Waals surface area contributed by atoms with E-state index in [1.165, 1.54) is 31.2 Å². The summed E-state index contributed by atoms with van der Waals surface area (Å²) in [4.78, 5) is 10.7. The van der Waals surface area contributed by atoms with E-state index in [0.717, 1.165) is 0 Å². The molecule has 0 heterocycles. The number of hydrogen-bond acceptors (Lipinski definition) is 2. The molecule has 0 aliphatic heterocycles. The number of carbonyl (C=O) groups excluding carboxylic acids is 1. The standard InChI is InChI=1S/C11H14FNO2/c1-8(14)13-7-11(2,15)9-3-5-10(12)6-4-9/h3-6,15H,7H2,1-2H3,(H,13,14). The predicted octanol–water partition coefficient (Wildman–Crippen LogP) is 1.17. The van der Waals surface area contributed by atoms with Gasteiger partial charge in [-0.3, -0.25) is 4.79 Å². The van der Waals surface area contributed by atoms with Crippen molar-refractivity contribution in [1.82, 2.24) is 5.32 Å². The Bertz CT molecular complexity index is 346. The van der Waals surface area contributed by atoms with E-state index in [9.17, 15) is 14.3 Å². The zero-order valence-corrected chi connectivity index (χ0v) is 8.75. The average molecular weight is 211 g/mol. The third-order valence-electron chi connectivity index (χ3n) is 2.15. The molecule has 82 valence electrons. The number of nitrogens with one attached hydrogen (secondary N) is 1. The van der Waals surface area contributed by atoms with Gasteiger partial charge in [-0.05, 0) is 24.6 Å². The molecule has 4 heteroatoms. The minimum absolute atomic E-state index is 0.105. The van der Waals surface area contributed by atoms with Crippen molar-refractivity contribution in [1.29, 1.82) is 0 Å². The Balaban J connectivity index is 2.76. The van der Waals surface area contributed by atoms with Crippen LogP contribution in [0, 0.1) is 5.82 Å². The largest absolute Gasteiger partial charge is 0.384 e. The fraction of sp³-hybridized carbons (Fsp3) is 0.364. The molecule has 0 aliphatic carbocycles. The molecule has 2 N–H and O–H groups in total. The van der Waals surface area contributed by atoms with Crippen LogP contribution in [0.5, 0.6) is 0 Å². The zero-order valence-electron chi connectivity index (χ0n) is 8.75. The highest BCUT2D eigenvalue weighted by atomic mass is 19.1. The summed E-state index contributed by atoms with van der Waals surface area (Å²) in [5, 5.41) is 12.5. The summed E-state index contributed by atoms with van der Waals surface area (Å²) in [6.45, 7) is 3.05. The smallest absolute Gasteiger partial charge is 0.216 e. The van der Waals surface area contributed by atoms with Gasteiger partial charge in [-0.2, -0.15) is 0 Å². The van der Waals surface area contributed by atoms with Crippen LogP contribution < -0.4 is 5.32 Å². The fourth-order valence-corrected chi connectivity index (χ4v) is 1.21. The van der Waals surface area contributed by atoms with Crippen LogP contribution in [0.1, 0.15) is 19.4 Å². The third kappa shape index (κ3) is 3.32. The number of halogens is 1. The van der Waals surface area contributed by atoms with Crippen molar-refractivity contribution in [3.05, 3.63) is 35.6 Å². The highest BCUT2D eigenvalue weighted by Crippen LogP contribution is 2.19. The predicted molar refractivity (Wildman–Crippen MR) is 54.7 cm³/mol. The summed E-state index contributed by atoms with van der Waals surface area (Å²) < 4.78 is 12.6. The van der Waals surface area contributed by atoms with E-state index < -0.39 is 5.60 Å². The van der Waals surface area contributed by atoms with Gasteiger partial charge >= 0.3 is 0 Å². The lowest BCUT2D eigenvalue weighted by Crippen LogP contribution is -2.37. The van der Waals surface area contributed by atoms with E-state index >= 15 is 0 Å². The number of benzene rings is 1. The van der Waals surface area contributed by atoms with Gasteiger partial charge in [0.15, 0.2) is 0 Å². The van der Waals surface area contributed by atoms with E-state index in [1.807, 2.05) is 0 Å². The Morgan fingerprint density at radius 1 is 1.47 bits per heavy atom. The van der Waals surface area contributed by atoms with Crippen LogP contribution >= 0.6 is 0 Å². The minimum Gasteiger partial charge on any atom is -0.384 e. The topological polar surface area (TPSA) is 49.3 Å². The lowest BCUT2D eigenvalue weighted by Gasteiger charge is -2.23. The van der Waals surface area contributed by atoms with Crippen LogP contribution in [0.2, 0.25) is 0 Å². The number of rotatable bonds is 3. The van der Waals surface area contributed by atoms with Crippen LogP contribution in [0.25, 0.3) is 0 Å². The quantitative estimate of drug-likeness (QED) is 0.788. The van der Waals surface area contributed by atoms with Gasteiger partial charge in [0.1, 0.15) is 11.4 Å². The molecule has 0 radical (unpaired) electrons. The van der Waals surface area contributed by atoms with E-state index in [2.05, 4.69) is 5.32 Å². The molecule has 1 rings (SSSR count). The van der Waals surface area contributed by atoms with Crippen LogP contribution in [0.4, 0.5) is 4.39 Å². The molecule has 0 spiro atoms. The number of aliphatic hydroxyl groups is 1. The second-order valence-electron chi connectivity index (χ2n) is 3.69. The lowest BCUT2D eigenvalue weighted by atomic mass is 9.96. The summed E-state index contributed by atoms with van der Waals surface area (Å²) >= 11 is 0. The first-order chi connectivity index (χ1) is 6.92. The maximum atomic E-state index is 12.6. The van der Waals surface area contributed by atoms with Gasteiger partial charge in [0.25, 0.3) is 0 Å². The van der Waals surface area contributed by atoms with Gasteiger partial charge < -0.3 is 10.4 Å². The number of carbonyl (C=O) groups is 1. The molecule has 0 aromatic heterocycles. The summed E-state index contributed by atoms with van der Waals surface area (Å²) in [6.07, 6.45) is 0. The average Bonchev–Trinajstić information content (AvgIpc) is 2.16. The van der Waals surface area contributed by atoms with E-state index in [-0.39, 0.29) is 18.3 Å². The van der Waals surface area contributed by atoms with Gasteiger partial charge in [-0.1, -0.05) is 12.1 Å². The Labute approximate surface area is 87.9 Å². The van der Waals surface area contributed by atoms with Crippen molar-refractivity contribution >= 4 is 5.91 Å². The van der Waals surface area contributed by atoms with Crippen LogP contribution in [-0.4, -0.2) is 17.6 Å². The van der Waals surface area contributed by atoms with Gasteiger partial charge in [0.2, 0.25) is 5.91 Å². The van der Waals surface area contributed by atoms with Gasteiger partial charge in [0, 0.05) is 6.92 Å². The fourth-order valence-electron chi connectivity index (χ4n) is 1.21.